The van der Waals surface area contributed by atoms with Gasteiger partial charge in [0, 0.05) is 12.1 Å². The van der Waals surface area contributed by atoms with Gasteiger partial charge in [0.05, 0.1) is 30.5 Å². The number of ether oxygens (including phenoxy) is 3. The first kappa shape index (κ1) is 17.3. The number of para-hydroxylation sites is 2. The van der Waals surface area contributed by atoms with E-state index in [2.05, 4.69) is 0 Å². The van der Waals surface area contributed by atoms with Gasteiger partial charge in [-0.15, -0.1) is 0 Å². The molecule has 4 rings (SSSR count). The number of carbonyl (C=O) groups excluding carboxylic acids is 1. The van der Waals surface area contributed by atoms with Crippen LogP contribution in [0.15, 0.2) is 42.5 Å². The lowest BCUT2D eigenvalue weighted by Crippen LogP contribution is -2.41. The SMILES string of the molecule is Cc1ccccc1OCCCN1C(=O)C2(OCCO2)c2cccc(Cl)c21. The first-order valence-corrected chi connectivity index (χ1v) is 9.08. The van der Waals surface area contributed by atoms with Gasteiger partial charge in [0.1, 0.15) is 5.75 Å². The monoisotopic (exact) mass is 373 g/mol. The van der Waals surface area contributed by atoms with E-state index in [-0.39, 0.29) is 5.91 Å². The summed E-state index contributed by atoms with van der Waals surface area (Å²) in [6.07, 6.45) is 0.667. The number of fused-ring (bicyclic) bond motifs is 2. The molecule has 2 aliphatic rings. The molecule has 0 bridgehead atoms. The maximum Gasteiger partial charge on any atom is 0.292 e. The van der Waals surface area contributed by atoms with Crippen molar-refractivity contribution in [1.82, 2.24) is 0 Å². The number of amides is 1. The van der Waals surface area contributed by atoms with Gasteiger partial charge in [0.2, 0.25) is 0 Å². The summed E-state index contributed by atoms with van der Waals surface area (Å²) in [6, 6.07) is 13.3. The van der Waals surface area contributed by atoms with Crippen LogP contribution in [0.5, 0.6) is 5.75 Å². The van der Waals surface area contributed by atoms with Gasteiger partial charge in [0.15, 0.2) is 0 Å². The van der Waals surface area contributed by atoms with Crippen LogP contribution in [0, 0.1) is 6.92 Å². The van der Waals surface area contributed by atoms with E-state index in [0.717, 1.165) is 11.3 Å². The summed E-state index contributed by atoms with van der Waals surface area (Å²) >= 11 is 6.38. The Morgan fingerprint density at radius 2 is 1.92 bits per heavy atom. The van der Waals surface area contributed by atoms with E-state index < -0.39 is 5.79 Å². The van der Waals surface area contributed by atoms with Crippen LogP contribution in [0.25, 0.3) is 0 Å². The highest BCUT2D eigenvalue weighted by molar-refractivity contribution is 6.35. The van der Waals surface area contributed by atoms with E-state index in [1.807, 2.05) is 43.3 Å². The van der Waals surface area contributed by atoms with E-state index in [1.165, 1.54) is 0 Å². The van der Waals surface area contributed by atoms with Crippen LogP contribution in [0.1, 0.15) is 17.5 Å². The Labute approximate surface area is 157 Å². The van der Waals surface area contributed by atoms with Gasteiger partial charge < -0.3 is 19.1 Å². The summed E-state index contributed by atoms with van der Waals surface area (Å²) in [6.45, 7) is 3.77. The molecule has 0 unspecified atom stereocenters. The van der Waals surface area contributed by atoms with Crippen LogP contribution >= 0.6 is 11.6 Å². The minimum atomic E-state index is -1.34. The second-order valence-corrected chi connectivity index (χ2v) is 6.78. The molecular weight excluding hydrogens is 354 g/mol. The van der Waals surface area contributed by atoms with Crippen molar-refractivity contribution in [3.63, 3.8) is 0 Å². The summed E-state index contributed by atoms with van der Waals surface area (Å²) in [5.74, 6) is -0.691. The fourth-order valence-corrected chi connectivity index (χ4v) is 3.75. The van der Waals surface area contributed by atoms with E-state index in [4.69, 9.17) is 25.8 Å². The maximum atomic E-state index is 13.0. The van der Waals surface area contributed by atoms with Crippen molar-refractivity contribution < 1.29 is 19.0 Å². The largest absolute Gasteiger partial charge is 0.493 e. The summed E-state index contributed by atoms with van der Waals surface area (Å²) in [4.78, 5) is 14.7. The number of benzene rings is 2. The topological polar surface area (TPSA) is 48.0 Å². The van der Waals surface area contributed by atoms with Crippen LogP contribution in [0.4, 0.5) is 5.69 Å². The number of carbonyl (C=O) groups is 1. The molecular formula is C20H20ClNO4. The Balaban J connectivity index is 1.49. The van der Waals surface area contributed by atoms with E-state index in [1.54, 1.807) is 11.0 Å². The molecule has 0 aliphatic carbocycles. The van der Waals surface area contributed by atoms with Gasteiger partial charge in [0.25, 0.3) is 11.7 Å². The highest BCUT2D eigenvalue weighted by Crippen LogP contribution is 2.48. The number of nitrogens with zero attached hydrogens (tertiary/aromatic N) is 1. The number of anilines is 1. The standard InChI is InChI=1S/C20H20ClNO4/c1-14-6-2-3-9-17(14)24-11-5-10-22-18-15(7-4-8-16(18)21)20(19(22)23)25-12-13-26-20/h2-4,6-9H,5,10-13H2,1H3. The summed E-state index contributed by atoms with van der Waals surface area (Å²) in [5.41, 5.74) is 2.45. The molecule has 136 valence electrons. The lowest BCUT2D eigenvalue weighted by molar-refractivity contribution is -0.180. The average Bonchev–Trinajstić information content (AvgIpc) is 3.22. The highest BCUT2D eigenvalue weighted by Gasteiger charge is 2.56. The number of hydrogen-bond acceptors (Lipinski definition) is 4. The van der Waals surface area contributed by atoms with Gasteiger partial charge in [-0.3, -0.25) is 4.79 Å². The van der Waals surface area contributed by atoms with Crippen LogP contribution in [-0.2, 0) is 20.1 Å². The number of rotatable bonds is 5. The highest BCUT2D eigenvalue weighted by atomic mass is 35.5. The second kappa shape index (κ2) is 6.91. The molecule has 2 aromatic rings. The quantitative estimate of drug-likeness (QED) is 0.750. The van der Waals surface area contributed by atoms with Crippen LogP contribution in [-0.4, -0.2) is 32.3 Å². The third-order valence-corrected chi connectivity index (χ3v) is 5.01. The lowest BCUT2D eigenvalue weighted by Gasteiger charge is -2.22. The molecule has 26 heavy (non-hydrogen) atoms. The Hall–Kier alpha value is -2.08. The van der Waals surface area contributed by atoms with E-state index in [9.17, 15) is 4.79 Å². The molecule has 1 spiro atoms. The molecule has 0 aromatic heterocycles. The molecule has 1 amide bonds. The Kier molecular flexibility index (Phi) is 4.61. The van der Waals surface area contributed by atoms with Crippen molar-refractivity contribution in [2.24, 2.45) is 0 Å². The van der Waals surface area contributed by atoms with Crippen molar-refractivity contribution in [2.45, 2.75) is 19.1 Å². The van der Waals surface area contributed by atoms with Gasteiger partial charge in [-0.2, -0.15) is 0 Å². The zero-order chi connectivity index (χ0) is 18.1. The minimum Gasteiger partial charge on any atom is -0.493 e. The van der Waals surface area contributed by atoms with E-state index in [0.29, 0.717) is 49.1 Å². The minimum absolute atomic E-state index is 0.214. The molecule has 0 N–H and O–H groups in total. The van der Waals surface area contributed by atoms with E-state index >= 15 is 0 Å². The lowest BCUT2D eigenvalue weighted by atomic mass is 10.1. The third kappa shape index (κ3) is 2.76. The molecule has 5 nitrogen and oxygen atoms in total. The fraction of sp³-hybridized carbons (Fsp3) is 0.350. The van der Waals surface area contributed by atoms with Crippen LogP contribution < -0.4 is 9.64 Å². The van der Waals surface area contributed by atoms with Crippen molar-refractivity contribution in [1.29, 1.82) is 0 Å². The Morgan fingerprint density at radius 3 is 2.69 bits per heavy atom. The molecule has 0 atom stereocenters. The zero-order valence-corrected chi connectivity index (χ0v) is 15.3. The van der Waals surface area contributed by atoms with Crippen molar-refractivity contribution in [3.05, 3.63) is 58.6 Å². The number of halogens is 1. The molecule has 1 fully saturated rings. The first-order chi connectivity index (χ1) is 12.6. The smallest absolute Gasteiger partial charge is 0.292 e. The molecule has 6 heteroatoms. The van der Waals surface area contributed by atoms with Gasteiger partial charge in [-0.1, -0.05) is 41.9 Å². The van der Waals surface area contributed by atoms with Gasteiger partial charge >= 0.3 is 0 Å². The van der Waals surface area contributed by atoms with Crippen LogP contribution in [0.2, 0.25) is 5.02 Å². The normalized spacial score (nSPS) is 17.8. The van der Waals surface area contributed by atoms with Crippen molar-refractivity contribution in [2.75, 3.05) is 31.3 Å². The average molecular weight is 374 g/mol. The predicted octanol–water partition coefficient (Wildman–Crippen LogP) is 3.66. The molecule has 2 heterocycles. The molecule has 1 saturated heterocycles. The summed E-state index contributed by atoms with van der Waals surface area (Å²) in [5, 5.41) is 0.520. The van der Waals surface area contributed by atoms with Crippen molar-refractivity contribution in [3.8, 4) is 5.75 Å². The van der Waals surface area contributed by atoms with Crippen molar-refractivity contribution >= 4 is 23.2 Å². The Morgan fingerprint density at radius 1 is 1.15 bits per heavy atom. The second-order valence-electron chi connectivity index (χ2n) is 6.37. The zero-order valence-electron chi connectivity index (χ0n) is 14.5. The Bertz CT molecular complexity index is 832. The first-order valence-electron chi connectivity index (χ1n) is 8.71. The number of hydrogen-bond donors (Lipinski definition) is 0. The fourth-order valence-electron chi connectivity index (χ4n) is 3.48. The van der Waals surface area contributed by atoms with Crippen LogP contribution in [0.3, 0.4) is 0 Å². The van der Waals surface area contributed by atoms with Gasteiger partial charge in [-0.25, -0.2) is 0 Å². The molecule has 2 aromatic carbocycles. The molecule has 2 aliphatic heterocycles. The number of aryl methyl sites for hydroxylation is 1. The predicted molar refractivity (Wildman–Crippen MR) is 98.7 cm³/mol. The third-order valence-electron chi connectivity index (χ3n) is 4.71. The maximum absolute atomic E-state index is 13.0. The summed E-state index contributed by atoms with van der Waals surface area (Å²) in [7, 11) is 0. The summed E-state index contributed by atoms with van der Waals surface area (Å²) < 4.78 is 17.3. The molecule has 0 radical (unpaired) electrons. The van der Waals surface area contributed by atoms with Gasteiger partial charge in [-0.05, 0) is 31.0 Å². The molecule has 0 saturated carbocycles.